The lowest BCUT2D eigenvalue weighted by Gasteiger charge is -2.41. The maximum Gasteiger partial charge on any atom is 0.269 e. The largest absolute Gasteiger partial charge is 0.346 e. The zero-order chi connectivity index (χ0) is 16.9. The highest BCUT2D eigenvalue weighted by Gasteiger charge is 2.34. The molecule has 2 amide bonds. The summed E-state index contributed by atoms with van der Waals surface area (Å²) in [6, 6.07) is 11.6. The number of amides is 2. The predicted octanol–water partition coefficient (Wildman–Crippen LogP) is 1.76. The van der Waals surface area contributed by atoms with Crippen molar-refractivity contribution in [2.75, 3.05) is 6.54 Å². The fraction of sp³-hybridized carbons (Fsp3) is 0.389. The number of likely N-dealkylation sites (tertiary alicyclic amines) is 1. The molecule has 1 saturated heterocycles. The van der Waals surface area contributed by atoms with Crippen molar-refractivity contribution in [1.82, 2.24) is 20.4 Å². The molecule has 0 spiro atoms. The van der Waals surface area contributed by atoms with Gasteiger partial charge in [-0.2, -0.15) is 5.10 Å². The molecule has 0 radical (unpaired) electrons. The average Bonchev–Trinajstić information content (AvgIpc) is 3.12. The number of nitrogens with one attached hydrogen (secondary N) is 2. The Morgan fingerprint density at radius 1 is 1.29 bits per heavy atom. The van der Waals surface area contributed by atoms with Gasteiger partial charge in [0.15, 0.2) is 0 Å². The highest BCUT2D eigenvalue weighted by atomic mass is 16.2. The summed E-state index contributed by atoms with van der Waals surface area (Å²) in [5.41, 5.74) is 1.60. The van der Waals surface area contributed by atoms with E-state index < -0.39 is 0 Å². The lowest BCUT2D eigenvalue weighted by Crippen LogP contribution is -2.57. The van der Waals surface area contributed by atoms with E-state index in [1.807, 2.05) is 23.1 Å². The molecule has 6 heteroatoms. The maximum absolute atomic E-state index is 12.4. The molecule has 0 unspecified atom stereocenters. The Labute approximate surface area is 141 Å². The molecule has 0 aliphatic carbocycles. The van der Waals surface area contributed by atoms with Crippen LogP contribution in [0.15, 0.2) is 42.6 Å². The van der Waals surface area contributed by atoms with Crippen molar-refractivity contribution >= 4 is 11.8 Å². The molecule has 2 N–H and O–H groups in total. The number of H-pyrrole nitrogens is 1. The average molecular weight is 326 g/mol. The number of aromatic amines is 1. The van der Waals surface area contributed by atoms with Crippen LogP contribution in [0.1, 0.15) is 35.8 Å². The fourth-order valence-electron chi connectivity index (χ4n) is 3.35. The van der Waals surface area contributed by atoms with Gasteiger partial charge in [-0.05, 0) is 30.9 Å². The topological polar surface area (TPSA) is 78.1 Å². The molecule has 1 aliphatic heterocycles. The second-order valence-corrected chi connectivity index (χ2v) is 6.16. The van der Waals surface area contributed by atoms with Crippen molar-refractivity contribution < 1.29 is 9.59 Å². The number of carbonyl (C=O) groups is 2. The van der Waals surface area contributed by atoms with E-state index in [9.17, 15) is 9.59 Å². The van der Waals surface area contributed by atoms with Crippen molar-refractivity contribution in [2.45, 2.75) is 38.3 Å². The fourth-order valence-corrected chi connectivity index (χ4v) is 3.35. The van der Waals surface area contributed by atoms with E-state index in [1.165, 1.54) is 0 Å². The van der Waals surface area contributed by atoms with Gasteiger partial charge in [0.1, 0.15) is 5.69 Å². The number of carbonyl (C=O) groups excluding carboxylic acids is 2. The minimum absolute atomic E-state index is 0.0366. The predicted molar refractivity (Wildman–Crippen MR) is 90.4 cm³/mol. The lowest BCUT2D eigenvalue weighted by atomic mass is 9.90. The third kappa shape index (κ3) is 3.64. The molecule has 2 atom stereocenters. The van der Waals surface area contributed by atoms with Crippen molar-refractivity contribution in [2.24, 2.45) is 0 Å². The first-order chi connectivity index (χ1) is 11.6. The lowest BCUT2D eigenvalue weighted by molar-refractivity contribution is -0.133. The molecule has 2 aromatic rings. The molecule has 0 bridgehead atoms. The molecule has 6 nitrogen and oxygen atoms in total. The van der Waals surface area contributed by atoms with Gasteiger partial charge in [-0.25, -0.2) is 0 Å². The highest BCUT2D eigenvalue weighted by molar-refractivity contribution is 5.92. The van der Waals surface area contributed by atoms with E-state index in [1.54, 1.807) is 19.2 Å². The first-order valence-electron chi connectivity index (χ1n) is 8.26. The Kier molecular flexibility index (Phi) is 4.93. The van der Waals surface area contributed by atoms with Crippen LogP contribution in [0.5, 0.6) is 0 Å². The van der Waals surface area contributed by atoms with Crippen LogP contribution in [-0.4, -0.2) is 45.5 Å². The molecular weight excluding hydrogens is 304 g/mol. The molecule has 0 saturated carbocycles. The van der Waals surface area contributed by atoms with E-state index in [4.69, 9.17) is 0 Å². The van der Waals surface area contributed by atoms with Gasteiger partial charge in [0.2, 0.25) is 5.91 Å². The molecule has 1 aliphatic rings. The van der Waals surface area contributed by atoms with Crippen LogP contribution in [0.4, 0.5) is 0 Å². The molecule has 1 aromatic heterocycles. The summed E-state index contributed by atoms with van der Waals surface area (Å²) in [6.45, 7) is 2.33. The summed E-state index contributed by atoms with van der Waals surface area (Å²) in [5.74, 6) is -0.127. The van der Waals surface area contributed by atoms with Crippen molar-refractivity contribution in [3.63, 3.8) is 0 Å². The van der Waals surface area contributed by atoms with Gasteiger partial charge in [0, 0.05) is 19.7 Å². The molecule has 1 aromatic carbocycles. The smallest absolute Gasteiger partial charge is 0.269 e. The quantitative estimate of drug-likeness (QED) is 0.899. The number of nitrogens with zero attached hydrogens (tertiary/aromatic N) is 2. The highest BCUT2D eigenvalue weighted by Crippen LogP contribution is 2.22. The van der Waals surface area contributed by atoms with E-state index in [2.05, 4.69) is 27.6 Å². The minimum Gasteiger partial charge on any atom is -0.346 e. The van der Waals surface area contributed by atoms with Gasteiger partial charge in [-0.3, -0.25) is 14.7 Å². The summed E-state index contributed by atoms with van der Waals surface area (Å²) < 4.78 is 0. The molecular formula is C18H22N4O2. The number of benzene rings is 1. The zero-order valence-corrected chi connectivity index (χ0v) is 13.7. The Morgan fingerprint density at radius 2 is 2.08 bits per heavy atom. The summed E-state index contributed by atoms with van der Waals surface area (Å²) in [5, 5.41) is 9.57. The third-order valence-corrected chi connectivity index (χ3v) is 4.53. The summed E-state index contributed by atoms with van der Waals surface area (Å²) in [4.78, 5) is 26.3. The second kappa shape index (κ2) is 7.29. The number of hydrogen-bond acceptors (Lipinski definition) is 3. The van der Waals surface area contributed by atoms with Gasteiger partial charge < -0.3 is 10.2 Å². The van der Waals surface area contributed by atoms with E-state index >= 15 is 0 Å². The van der Waals surface area contributed by atoms with Crippen molar-refractivity contribution in [3.8, 4) is 0 Å². The molecule has 3 rings (SSSR count). The Balaban J connectivity index is 1.78. The summed E-state index contributed by atoms with van der Waals surface area (Å²) in [6.07, 6.45) is 4.04. The number of rotatable bonds is 4. The number of piperidine rings is 1. The zero-order valence-electron chi connectivity index (χ0n) is 13.7. The maximum atomic E-state index is 12.4. The van der Waals surface area contributed by atoms with Gasteiger partial charge in [-0.15, -0.1) is 0 Å². The van der Waals surface area contributed by atoms with Crippen LogP contribution in [0.2, 0.25) is 0 Å². The minimum atomic E-state index is -0.180. The summed E-state index contributed by atoms with van der Waals surface area (Å²) >= 11 is 0. The SMILES string of the molecule is CC(=O)N1CCC[C@H](NC(=O)c2ccn[nH]2)[C@@H]1Cc1ccccc1. The number of aromatic nitrogens is 2. The standard InChI is InChI=1S/C18H22N4O2/c1-13(23)22-11-5-8-15(20-18(24)16-9-10-19-21-16)17(22)12-14-6-3-2-4-7-14/h2-4,6-7,9-10,15,17H,5,8,11-12H2,1H3,(H,19,21)(H,20,24)/t15-,17-/m0/s1. The van der Waals surface area contributed by atoms with E-state index in [0.29, 0.717) is 5.69 Å². The molecule has 126 valence electrons. The van der Waals surface area contributed by atoms with Gasteiger partial charge in [-0.1, -0.05) is 30.3 Å². The van der Waals surface area contributed by atoms with E-state index in [-0.39, 0.29) is 23.9 Å². The first-order valence-corrected chi connectivity index (χ1v) is 8.26. The molecule has 24 heavy (non-hydrogen) atoms. The van der Waals surface area contributed by atoms with Crippen LogP contribution in [0.25, 0.3) is 0 Å². The molecule has 1 fully saturated rings. The molecule has 2 heterocycles. The monoisotopic (exact) mass is 326 g/mol. The first kappa shape index (κ1) is 16.2. The second-order valence-electron chi connectivity index (χ2n) is 6.16. The Hall–Kier alpha value is -2.63. The Morgan fingerprint density at radius 3 is 2.75 bits per heavy atom. The third-order valence-electron chi connectivity index (χ3n) is 4.53. The van der Waals surface area contributed by atoms with Crippen molar-refractivity contribution in [1.29, 1.82) is 0 Å². The van der Waals surface area contributed by atoms with Crippen LogP contribution >= 0.6 is 0 Å². The normalized spacial score (nSPS) is 20.6. The number of hydrogen-bond donors (Lipinski definition) is 2. The van der Waals surface area contributed by atoms with Crippen LogP contribution in [-0.2, 0) is 11.2 Å². The van der Waals surface area contributed by atoms with Crippen LogP contribution < -0.4 is 5.32 Å². The van der Waals surface area contributed by atoms with Crippen LogP contribution in [0.3, 0.4) is 0 Å². The Bertz CT molecular complexity index is 684. The van der Waals surface area contributed by atoms with E-state index in [0.717, 1.165) is 31.4 Å². The van der Waals surface area contributed by atoms with Gasteiger partial charge >= 0.3 is 0 Å². The van der Waals surface area contributed by atoms with Gasteiger partial charge in [0.05, 0.1) is 12.1 Å². The van der Waals surface area contributed by atoms with Crippen molar-refractivity contribution in [3.05, 3.63) is 53.9 Å². The van der Waals surface area contributed by atoms with Gasteiger partial charge in [0.25, 0.3) is 5.91 Å². The van der Waals surface area contributed by atoms with Crippen LogP contribution in [0, 0.1) is 0 Å². The summed E-state index contributed by atoms with van der Waals surface area (Å²) in [7, 11) is 0.